The zero-order chi connectivity index (χ0) is 23.5. The monoisotopic (exact) mass is 448 g/mol. The van der Waals surface area contributed by atoms with Crippen molar-refractivity contribution in [1.82, 2.24) is 4.57 Å². The van der Waals surface area contributed by atoms with Gasteiger partial charge < -0.3 is 4.57 Å². The van der Waals surface area contributed by atoms with Gasteiger partial charge in [-0.15, -0.1) is 5.23 Å². The Morgan fingerprint density at radius 1 is 0.529 bits per heavy atom. The highest BCUT2D eigenvalue weighted by Gasteiger charge is 2.50. The first-order valence-corrected chi connectivity index (χ1v) is 11.7. The Hall–Kier alpha value is -3.60. The molecule has 5 aromatic rings. The van der Waals surface area contributed by atoms with Gasteiger partial charge in [0.1, 0.15) is 11.2 Å². The number of nitrogens with zero attached hydrogens (tertiary/aromatic N) is 2. The second kappa shape index (κ2) is 7.45. The van der Waals surface area contributed by atoms with Crippen molar-refractivity contribution in [2.45, 2.75) is 38.9 Å². The number of anilines is 1. The average molecular weight is 449 g/mol. The lowest BCUT2D eigenvalue weighted by atomic mass is 9.90. The van der Waals surface area contributed by atoms with E-state index in [-0.39, 0.29) is 0 Å². The molecule has 1 saturated heterocycles. The molecule has 4 nitrogen and oxygen atoms in total. The quantitative estimate of drug-likeness (QED) is 0.283. The van der Waals surface area contributed by atoms with Crippen LogP contribution in [0.25, 0.3) is 38.6 Å². The molecule has 6 rings (SSSR count). The summed E-state index contributed by atoms with van der Waals surface area (Å²) in [6.45, 7) is 8.21. The van der Waals surface area contributed by atoms with Crippen LogP contribution in [0.3, 0.4) is 0 Å². The first-order chi connectivity index (χ1) is 16.3. The molecule has 1 aliphatic rings. The fourth-order valence-electron chi connectivity index (χ4n) is 4.54. The highest BCUT2D eigenvalue weighted by atomic mass is 17.0. The molecule has 0 bridgehead atoms. The topological polar surface area (TPSA) is 26.6 Å². The lowest BCUT2D eigenvalue weighted by Crippen LogP contribution is -2.41. The van der Waals surface area contributed by atoms with E-state index >= 15 is 0 Å². The van der Waals surface area contributed by atoms with Gasteiger partial charge in [0.2, 0.25) is 0 Å². The molecule has 2 heterocycles. The number of para-hydroxylation sites is 1. The maximum atomic E-state index is 6.19. The van der Waals surface area contributed by atoms with Crippen molar-refractivity contribution in [2.24, 2.45) is 0 Å². The Balaban J connectivity index is 1.50. The van der Waals surface area contributed by atoms with E-state index < -0.39 is 11.2 Å². The summed E-state index contributed by atoms with van der Waals surface area (Å²) in [6.07, 6.45) is 0. The maximum Gasteiger partial charge on any atom is 0.124 e. The van der Waals surface area contributed by atoms with Gasteiger partial charge in [0.05, 0.1) is 16.7 Å². The fraction of sp³-hybridized carbons (Fsp3) is 0.200. The minimum absolute atomic E-state index is 0.443. The molecule has 0 amide bonds. The molecular formula is C30H28N2O2. The van der Waals surface area contributed by atoms with Gasteiger partial charge in [-0.05, 0) is 75.2 Å². The smallest absolute Gasteiger partial charge is 0.124 e. The number of fused-ring (bicyclic) bond motifs is 3. The summed E-state index contributed by atoms with van der Waals surface area (Å²) in [5.74, 6) is 0. The molecule has 0 atom stereocenters. The molecule has 4 heteroatoms. The van der Waals surface area contributed by atoms with Gasteiger partial charge in [0.15, 0.2) is 0 Å². The molecular weight excluding hydrogens is 420 g/mol. The Bertz CT molecular complexity index is 1480. The molecule has 0 N–H and O–H groups in total. The molecule has 0 saturated carbocycles. The van der Waals surface area contributed by atoms with Crippen molar-refractivity contribution in [3.8, 4) is 16.8 Å². The van der Waals surface area contributed by atoms with Crippen LogP contribution < -0.4 is 5.23 Å². The third-order valence-electron chi connectivity index (χ3n) is 7.17. The Morgan fingerprint density at radius 3 is 1.79 bits per heavy atom. The normalized spacial score (nSPS) is 17.0. The van der Waals surface area contributed by atoms with Crippen molar-refractivity contribution in [3.63, 3.8) is 0 Å². The molecule has 1 fully saturated rings. The van der Waals surface area contributed by atoms with Crippen molar-refractivity contribution in [3.05, 3.63) is 97.1 Å². The predicted octanol–water partition coefficient (Wildman–Crippen LogP) is 7.69. The van der Waals surface area contributed by atoms with Crippen LogP contribution in [0.4, 0.5) is 5.69 Å². The Kier molecular flexibility index (Phi) is 4.60. The van der Waals surface area contributed by atoms with Crippen LogP contribution in [0.2, 0.25) is 0 Å². The van der Waals surface area contributed by atoms with E-state index in [1.807, 2.05) is 6.07 Å². The largest absolute Gasteiger partial charge is 0.309 e. The summed E-state index contributed by atoms with van der Waals surface area (Å²) in [6, 6.07) is 34.1. The lowest BCUT2D eigenvalue weighted by molar-refractivity contribution is -0.0272. The van der Waals surface area contributed by atoms with Crippen LogP contribution in [0, 0.1) is 0 Å². The zero-order valence-corrected chi connectivity index (χ0v) is 19.9. The standard InChI is InChI=1S/C30H28N2O2/c1-29(2)30(3,4)34-32(33-29)24-18-19-26-25-12-8-9-13-27(25)31(28(26)20-24)23-16-14-22(15-17-23)21-10-6-5-7-11-21/h5-20H,1-4H3. The van der Waals surface area contributed by atoms with Crippen LogP contribution in [0.1, 0.15) is 27.7 Å². The molecule has 4 aromatic carbocycles. The van der Waals surface area contributed by atoms with Crippen molar-refractivity contribution >= 4 is 27.5 Å². The first kappa shape index (κ1) is 21.0. The number of hydrogen-bond acceptors (Lipinski definition) is 3. The molecule has 0 radical (unpaired) electrons. The highest BCUT2D eigenvalue weighted by Crippen LogP contribution is 2.41. The van der Waals surface area contributed by atoms with Crippen LogP contribution in [-0.4, -0.2) is 15.8 Å². The van der Waals surface area contributed by atoms with Crippen LogP contribution >= 0.6 is 0 Å². The summed E-state index contributed by atoms with van der Waals surface area (Å²) in [7, 11) is 0. The van der Waals surface area contributed by atoms with Crippen molar-refractivity contribution in [1.29, 1.82) is 0 Å². The van der Waals surface area contributed by atoms with Crippen molar-refractivity contribution in [2.75, 3.05) is 5.23 Å². The minimum atomic E-state index is -0.443. The molecule has 0 spiro atoms. The minimum Gasteiger partial charge on any atom is -0.309 e. The average Bonchev–Trinajstić information content (AvgIpc) is 3.29. The third-order valence-corrected chi connectivity index (χ3v) is 7.17. The SMILES string of the molecule is CC1(C)ON(c2ccc3c4ccccc4n(-c4ccc(-c5ccccc5)cc4)c3c2)OC1(C)C. The van der Waals surface area contributed by atoms with E-state index in [1.54, 1.807) is 5.23 Å². The summed E-state index contributed by atoms with van der Waals surface area (Å²) in [5.41, 5.74) is 5.81. The fourth-order valence-corrected chi connectivity index (χ4v) is 4.54. The summed E-state index contributed by atoms with van der Waals surface area (Å²) < 4.78 is 2.31. The maximum absolute atomic E-state index is 6.19. The molecule has 0 aliphatic carbocycles. The highest BCUT2D eigenvalue weighted by molar-refractivity contribution is 6.10. The molecule has 170 valence electrons. The van der Waals surface area contributed by atoms with Gasteiger partial charge in [0.25, 0.3) is 0 Å². The van der Waals surface area contributed by atoms with Crippen LogP contribution in [0.5, 0.6) is 0 Å². The number of aromatic nitrogens is 1. The zero-order valence-electron chi connectivity index (χ0n) is 19.9. The summed E-state index contributed by atoms with van der Waals surface area (Å²) in [4.78, 5) is 12.4. The Morgan fingerprint density at radius 2 is 1.09 bits per heavy atom. The second-order valence-electron chi connectivity index (χ2n) is 9.93. The molecule has 1 aliphatic heterocycles. The first-order valence-electron chi connectivity index (χ1n) is 11.7. The van der Waals surface area contributed by atoms with E-state index in [1.165, 1.54) is 27.4 Å². The molecule has 0 unspecified atom stereocenters. The number of hydrogen-bond donors (Lipinski definition) is 0. The number of benzene rings is 4. The lowest BCUT2D eigenvalue weighted by Gasteiger charge is -2.26. The Labute approximate surface area is 199 Å². The van der Waals surface area contributed by atoms with Gasteiger partial charge in [-0.2, -0.15) is 0 Å². The number of rotatable bonds is 3. The van der Waals surface area contributed by atoms with Gasteiger partial charge in [-0.1, -0.05) is 60.7 Å². The van der Waals surface area contributed by atoms with E-state index in [2.05, 4.69) is 123 Å². The van der Waals surface area contributed by atoms with Gasteiger partial charge in [-0.25, -0.2) is 9.68 Å². The van der Waals surface area contributed by atoms with Crippen LogP contribution in [0.15, 0.2) is 97.1 Å². The van der Waals surface area contributed by atoms with Crippen LogP contribution in [-0.2, 0) is 9.68 Å². The summed E-state index contributed by atoms with van der Waals surface area (Å²) in [5, 5.41) is 3.99. The van der Waals surface area contributed by atoms with Gasteiger partial charge in [-0.3, -0.25) is 0 Å². The second-order valence-corrected chi connectivity index (χ2v) is 9.93. The summed E-state index contributed by atoms with van der Waals surface area (Å²) >= 11 is 0. The van der Waals surface area contributed by atoms with Crippen molar-refractivity contribution < 1.29 is 9.68 Å². The molecule has 1 aromatic heterocycles. The van der Waals surface area contributed by atoms with E-state index in [4.69, 9.17) is 9.68 Å². The third kappa shape index (κ3) is 3.22. The van der Waals surface area contributed by atoms with Gasteiger partial charge >= 0.3 is 0 Å². The predicted molar refractivity (Wildman–Crippen MR) is 139 cm³/mol. The van der Waals surface area contributed by atoms with Gasteiger partial charge in [0, 0.05) is 16.5 Å². The van der Waals surface area contributed by atoms with E-state index in [0.29, 0.717) is 0 Å². The van der Waals surface area contributed by atoms with E-state index in [9.17, 15) is 0 Å². The molecule has 34 heavy (non-hydrogen) atoms. The van der Waals surface area contributed by atoms with E-state index in [0.717, 1.165) is 16.9 Å².